The van der Waals surface area contributed by atoms with Crippen LogP contribution in [0.3, 0.4) is 0 Å². The van der Waals surface area contributed by atoms with E-state index in [1.807, 2.05) is 20.8 Å². The first-order valence-corrected chi connectivity index (χ1v) is 9.58. The Morgan fingerprint density at radius 2 is 1.82 bits per heavy atom. The van der Waals surface area contributed by atoms with Gasteiger partial charge in [-0.1, -0.05) is 0 Å². The summed E-state index contributed by atoms with van der Waals surface area (Å²) in [7, 11) is -2.63. The van der Waals surface area contributed by atoms with Crippen molar-refractivity contribution in [1.29, 1.82) is 0 Å². The summed E-state index contributed by atoms with van der Waals surface area (Å²) in [6.07, 6.45) is 2.07. The van der Waals surface area contributed by atoms with Crippen LogP contribution in [-0.4, -0.2) is 56.0 Å². The molecular weight excluding hydrogens is 304 g/mol. The second kappa shape index (κ2) is 9.67. The molecule has 1 aromatic rings. The SMILES string of the molecule is CCO[Si](CCCNC(=O)n1ncnc1C)(OCC)OCC. The van der Waals surface area contributed by atoms with Gasteiger partial charge in [-0.05, 0) is 34.1 Å². The Morgan fingerprint density at radius 3 is 2.27 bits per heavy atom. The minimum Gasteiger partial charge on any atom is -0.374 e. The minimum atomic E-state index is -2.63. The molecule has 0 aromatic carbocycles. The molecule has 0 unspecified atom stereocenters. The summed E-state index contributed by atoms with van der Waals surface area (Å²) < 4.78 is 18.5. The maximum absolute atomic E-state index is 11.9. The van der Waals surface area contributed by atoms with E-state index in [0.29, 0.717) is 44.7 Å². The smallest absolute Gasteiger partial charge is 0.374 e. The third kappa shape index (κ3) is 5.48. The summed E-state index contributed by atoms with van der Waals surface area (Å²) in [5, 5.41) is 6.66. The Kier molecular flexibility index (Phi) is 8.24. The Morgan fingerprint density at radius 1 is 1.23 bits per heavy atom. The van der Waals surface area contributed by atoms with E-state index in [9.17, 15) is 4.79 Å². The zero-order valence-corrected chi connectivity index (χ0v) is 14.8. The number of nitrogens with zero attached hydrogens (tertiary/aromatic N) is 3. The number of rotatable bonds is 10. The molecule has 0 saturated heterocycles. The van der Waals surface area contributed by atoms with Crippen molar-refractivity contribution in [2.24, 2.45) is 0 Å². The number of hydrogen-bond donors (Lipinski definition) is 1. The molecule has 0 atom stereocenters. The molecule has 0 spiro atoms. The Labute approximate surface area is 132 Å². The summed E-state index contributed by atoms with van der Waals surface area (Å²) in [6.45, 7) is 9.66. The molecule has 1 amide bonds. The highest BCUT2D eigenvalue weighted by Crippen LogP contribution is 2.17. The molecule has 1 rings (SSSR count). The van der Waals surface area contributed by atoms with Crippen LogP contribution in [0, 0.1) is 6.92 Å². The van der Waals surface area contributed by atoms with Crippen LogP contribution >= 0.6 is 0 Å². The normalized spacial score (nSPS) is 11.6. The lowest BCUT2D eigenvalue weighted by Crippen LogP contribution is -2.46. The molecular formula is C13H26N4O4Si. The zero-order chi connectivity index (χ0) is 16.4. The Hall–Kier alpha value is -1.29. The van der Waals surface area contributed by atoms with Crippen LogP contribution in [0.15, 0.2) is 6.33 Å². The van der Waals surface area contributed by atoms with Crippen molar-refractivity contribution in [1.82, 2.24) is 20.1 Å². The van der Waals surface area contributed by atoms with Gasteiger partial charge in [0.2, 0.25) is 0 Å². The van der Waals surface area contributed by atoms with Crippen LogP contribution in [0.5, 0.6) is 0 Å². The van der Waals surface area contributed by atoms with E-state index in [0.717, 1.165) is 0 Å². The van der Waals surface area contributed by atoms with Crippen molar-refractivity contribution in [3.8, 4) is 0 Å². The van der Waals surface area contributed by atoms with Gasteiger partial charge in [0.05, 0.1) is 0 Å². The number of hydrogen-bond acceptors (Lipinski definition) is 6. The van der Waals surface area contributed by atoms with E-state index in [2.05, 4.69) is 15.4 Å². The van der Waals surface area contributed by atoms with E-state index >= 15 is 0 Å². The van der Waals surface area contributed by atoms with Crippen molar-refractivity contribution in [2.75, 3.05) is 26.4 Å². The Bertz CT molecular complexity index is 438. The number of nitrogens with one attached hydrogen (secondary N) is 1. The molecule has 1 N–H and O–H groups in total. The van der Waals surface area contributed by atoms with Crippen LogP contribution < -0.4 is 5.32 Å². The maximum Gasteiger partial charge on any atom is 0.500 e. The first kappa shape index (κ1) is 18.8. The second-order valence-electron chi connectivity index (χ2n) is 4.54. The summed E-state index contributed by atoms with van der Waals surface area (Å²) in [4.78, 5) is 15.8. The van der Waals surface area contributed by atoms with Crippen molar-refractivity contribution in [3.63, 3.8) is 0 Å². The largest absolute Gasteiger partial charge is 0.500 e. The minimum absolute atomic E-state index is 0.286. The highest BCUT2D eigenvalue weighted by atomic mass is 28.4. The maximum atomic E-state index is 11.9. The number of carbonyl (C=O) groups is 1. The molecule has 0 fully saturated rings. The molecule has 0 saturated carbocycles. The fraction of sp³-hybridized carbons (Fsp3) is 0.769. The van der Waals surface area contributed by atoms with Crippen LogP contribution in [-0.2, 0) is 13.3 Å². The van der Waals surface area contributed by atoms with Gasteiger partial charge in [-0.15, -0.1) is 0 Å². The van der Waals surface area contributed by atoms with E-state index in [1.165, 1.54) is 11.0 Å². The first-order chi connectivity index (χ1) is 10.6. The molecule has 1 aromatic heterocycles. The molecule has 22 heavy (non-hydrogen) atoms. The van der Waals surface area contributed by atoms with Crippen molar-refractivity contribution in [3.05, 3.63) is 12.2 Å². The summed E-state index contributed by atoms with van der Waals surface area (Å²) in [5.41, 5.74) is 0. The fourth-order valence-electron chi connectivity index (χ4n) is 2.07. The molecule has 0 bridgehead atoms. The standard InChI is InChI=1S/C13H26N4O4Si/c1-5-19-22(20-6-2,21-7-3)10-8-9-14-13(18)17-12(4)15-11-16-17/h11H,5-10H2,1-4H3,(H,14,18). The zero-order valence-electron chi connectivity index (χ0n) is 13.8. The Balaban J connectivity index is 2.45. The molecule has 0 aliphatic rings. The van der Waals surface area contributed by atoms with Crippen molar-refractivity contribution >= 4 is 14.8 Å². The van der Waals surface area contributed by atoms with Crippen LogP contribution in [0.2, 0.25) is 6.04 Å². The molecule has 9 heteroatoms. The van der Waals surface area contributed by atoms with Crippen LogP contribution in [0.25, 0.3) is 0 Å². The van der Waals surface area contributed by atoms with Crippen LogP contribution in [0.4, 0.5) is 4.79 Å². The van der Waals surface area contributed by atoms with Gasteiger partial charge in [-0.2, -0.15) is 9.78 Å². The number of amides is 1. The van der Waals surface area contributed by atoms with Gasteiger partial charge in [-0.3, -0.25) is 0 Å². The third-order valence-electron chi connectivity index (χ3n) is 2.94. The van der Waals surface area contributed by atoms with Crippen LogP contribution in [0.1, 0.15) is 33.0 Å². The van der Waals surface area contributed by atoms with E-state index in [4.69, 9.17) is 13.3 Å². The number of aromatic nitrogens is 3. The molecule has 1 heterocycles. The monoisotopic (exact) mass is 330 g/mol. The predicted molar refractivity (Wildman–Crippen MR) is 83.6 cm³/mol. The van der Waals surface area contributed by atoms with Gasteiger partial charge in [0.1, 0.15) is 12.2 Å². The molecule has 0 aliphatic heterocycles. The van der Waals surface area contributed by atoms with Gasteiger partial charge in [0.15, 0.2) is 0 Å². The number of aryl methyl sites for hydroxylation is 1. The van der Waals surface area contributed by atoms with E-state index in [-0.39, 0.29) is 6.03 Å². The fourth-order valence-corrected chi connectivity index (χ4v) is 4.69. The lowest BCUT2D eigenvalue weighted by molar-refractivity contribution is 0.0708. The third-order valence-corrected chi connectivity index (χ3v) is 6.09. The van der Waals surface area contributed by atoms with Crippen molar-refractivity contribution in [2.45, 2.75) is 40.2 Å². The molecule has 126 valence electrons. The average molecular weight is 330 g/mol. The topological polar surface area (TPSA) is 87.5 Å². The summed E-state index contributed by atoms with van der Waals surface area (Å²) >= 11 is 0. The summed E-state index contributed by atoms with van der Waals surface area (Å²) in [6, 6.07) is 0.380. The predicted octanol–water partition coefficient (Wildman–Crippen LogP) is 1.58. The number of carbonyl (C=O) groups excluding carboxylic acids is 1. The lowest BCUT2D eigenvalue weighted by Gasteiger charge is -2.28. The van der Waals surface area contributed by atoms with E-state index < -0.39 is 8.80 Å². The van der Waals surface area contributed by atoms with Gasteiger partial charge in [-0.25, -0.2) is 9.78 Å². The molecule has 0 aliphatic carbocycles. The average Bonchev–Trinajstić information content (AvgIpc) is 2.90. The molecule has 8 nitrogen and oxygen atoms in total. The van der Waals surface area contributed by atoms with Gasteiger partial charge >= 0.3 is 14.8 Å². The van der Waals surface area contributed by atoms with Gasteiger partial charge < -0.3 is 18.6 Å². The summed E-state index contributed by atoms with van der Waals surface area (Å²) in [5.74, 6) is 0.555. The highest BCUT2D eigenvalue weighted by molar-refractivity contribution is 6.60. The molecule has 0 radical (unpaired) electrons. The van der Waals surface area contributed by atoms with E-state index in [1.54, 1.807) is 6.92 Å². The quantitative estimate of drug-likeness (QED) is 0.518. The second-order valence-corrected chi connectivity index (χ2v) is 7.27. The first-order valence-electron chi connectivity index (χ1n) is 7.65. The highest BCUT2D eigenvalue weighted by Gasteiger charge is 2.39. The van der Waals surface area contributed by atoms with Gasteiger partial charge in [0, 0.05) is 32.4 Å². The van der Waals surface area contributed by atoms with Crippen molar-refractivity contribution < 1.29 is 18.1 Å². The lowest BCUT2D eigenvalue weighted by atomic mass is 10.5. The van der Waals surface area contributed by atoms with Gasteiger partial charge in [0.25, 0.3) is 0 Å².